The number of aliphatic hydroxyl groups excluding tert-OH is 1. The predicted molar refractivity (Wildman–Crippen MR) is 118 cm³/mol. The van der Waals surface area contributed by atoms with Crippen LogP contribution in [0.4, 0.5) is 0 Å². The molecule has 0 aliphatic rings. The van der Waals surface area contributed by atoms with Crippen molar-refractivity contribution in [3.05, 3.63) is 77.6 Å². The number of rotatable bonds is 11. The molecular formula is C24H31N3O3. The van der Waals surface area contributed by atoms with Gasteiger partial charge in [-0.1, -0.05) is 30.3 Å². The third-order valence-electron chi connectivity index (χ3n) is 4.76. The molecule has 3 rings (SSSR count). The van der Waals surface area contributed by atoms with Gasteiger partial charge < -0.3 is 14.6 Å². The van der Waals surface area contributed by atoms with E-state index in [0.29, 0.717) is 13.2 Å². The van der Waals surface area contributed by atoms with Crippen LogP contribution in [0.15, 0.2) is 60.7 Å². The molecule has 0 radical (unpaired) electrons. The van der Waals surface area contributed by atoms with E-state index in [1.165, 1.54) is 5.56 Å². The second kappa shape index (κ2) is 10.8. The molecule has 0 bridgehead atoms. The quantitative estimate of drug-likeness (QED) is 0.526. The fourth-order valence-electron chi connectivity index (χ4n) is 3.34. The van der Waals surface area contributed by atoms with E-state index in [9.17, 15) is 5.11 Å². The third-order valence-corrected chi connectivity index (χ3v) is 4.76. The van der Waals surface area contributed by atoms with Crippen LogP contribution in [0.25, 0.3) is 0 Å². The van der Waals surface area contributed by atoms with Gasteiger partial charge in [-0.3, -0.25) is 9.58 Å². The Morgan fingerprint density at radius 3 is 2.37 bits per heavy atom. The molecule has 1 atom stereocenters. The zero-order valence-corrected chi connectivity index (χ0v) is 18.0. The van der Waals surface area contributed by atoms with Gasteiger partial charge in [-0.25, -0.2) is 0 Å². The van der Waals surface area contributed by atoms with Crippen LogP contribution in [0.5, 0.6) is 11.5 Å². The Morgan fingerprint density at radius 1 is 1.00 bits per heavy atom. The molecule has 6 heteroatoms. The maximum absolute atomic E-state index is 10.2. The zero-order valence-electron chi connectivity index (χ0n) is 18.0. The summed E-state index contributed by atoms with van der Waals surface area (Å²) in [5, 5.41) is 14.7. The van der Waals surface area contributed by atoms with E-state index in [0.717, 1.165) is 36.0 Å². The summed E-state index contributed by atoms with van der Waals surface area (Å²) in [5.41, 5.74) is 3.34. The van der Waals surface area contributed by atoms with Crippen molar-refractivity contribution < 1.29 is 14.6 Å². The van der Waals surface area contributed by atoms with Crippen molar-refractivity contribution in [1.29, 1.82) is 0 Å². The van der Waals surface area contributed by atoms with Gasteiger partial charge in [-0.2, -0.15) is 5.10 Å². The minimum atomic E-state index is -0.549. The van der Waals surface area contributed by atoms with Crippen molar-refractivity contribution in [2.45, 2.75) is 33.0 Å². The summed E-state index contributed by atoms with van der Waals surface area (Å²) in [6, 6.07) is 19.7. The molecule has 0 spiro atoms. The maximum Gasteiger partial charge on any atom is 0.119 e. The fourth-order valence-corrected chi connectivity index (χ4v) is 3.34. The van der Waals surface area contributed by atoms with Gasteiger partial charge in [0.25, 0.3) is 0 Å². The Morgan fingerprint density at radius 2 is 1.70 bits per heavy atom. The molecular weight excluding hydrogens is 378 g/mol. The summed E-state index contributed by atoms with van der Waals surface area (Å²) in [5.74, 6) is 1.62. The highest BCUT2D eigenvalue weighted by atomic mass is 16.5. The smallest absolute Gasteiger partial charge is 0.119 e. The van der Waals surface area contributed by atoms with Crippen LogP contribution in [-0.4, -0.2) is 52.7 Å². The first-order chi connectivity index (χ1) is 14.5. The van der Waals surface area contributed by atoms with Gasteiger partial charge >= 0.3 is 0 Å². The number of benzene rings is 2. The van der Waals surface area contributed by atoms with E-state index >= 15 is 0 Å². The van der Waals surface area contributed by atoms with E-state index in [-0.39, 0.29) is 6.61 Å². The summed E-state index contributed by atoms with van der Waals surface area (Å²) in [6.07, 6.45) is -0.549. The van der Waals surface area contributed by atoms with Gasteiger partial charge in [0, 0.05) is 18.8 Å². The van der Waals surface area contributed by atoms with Gasteiger partial charge in [0.05, 0.1) is 12.2 Å². The van der Waals surface area contributed by atoms with Gasteiger partial charge in [0.2, 0.25) is 0 Å². The van der Waals surface area contributed by atoms with Crippen molar-refractivity contribution in [1.82, 2.24) is 14.7 Å². The number of ether oxygens (including phenoxy) is 2. The number of hydrogen-bond acceptors (Lipinski definition) is 5. The second-order valence-corrected chi connectivity index (χ2v) is 7.62. The molecule has 0 saturated carbocycles. The predicted octanol–water partition coefficient (Wildman–Crippen LogP) is 3.45. The lowest BCUT2D eigenvalue weighted by molar-refractivity contribution is 0.0744. The standard InChI is InChI=1S/C24H31N3O3/c1-19-15-20(2)27(25-19)13-14-29-24-11-9-21(10-12-24)16-26(3)17-22(28)18-30-23-7-5-4-6-8-23/h4-12,15,22,28H,13-14,16-18H2,1-3H3. The molecule has 1 heterocycles. The number of para-hydroxylation sites is 1. The Kier molecular flexibility index (Phi) is 7.88. The molecule has 30 heavy (non-hydrogen) atoms. The Labute approximate surface area is 178 Å². The highest BCUT2D eigenvalue weighted by Gasteiger charge is 2.10. The highest BCUT2D eigenvalue weighted by molar-refractivity contribution is 5.27. The molecule has 6 nitrogen and oxygen atoms in total. The minimum Gasteiger partial charge on any atom is -0.492 e. The van der Waals surface area contributed by atoms with E-state index in [4.69, 9.17) is 9.47 Å². The maximum atomic E-state index is 10.2. The number of aliphatic hydroxyl groups is 1. The monoisotopic (exact) mass is 409 g/mol. The first-order valence-electron chi connectivity index (χ1n) is 10.3. The van der Waals surface area contributed by atoms with Crippen LogP contribution >= 0.6 is 0 Å². The highest BCUT2D eigenvalue weighted by Crippen LogP contribution is 2.14. The summed E-state index contributed by atoms with van der Waals surface area (Å²) in [6.45, 7) is 6.91. The Balaban J connectivity index is 1.38. The van der Waals surface area contributed by atoms with Crippen LogP contribution in [0.2, 0.25) is 0 Å². The van der Waals surface area contributed by atoms with Crippen LogP contribution in [0, 0.1) is 13.8 Å². The minimum absolute atomic E-state index is 0.274. The first-order valence-corrected chi connectivity index (χ1v) is 10.3. The molecule has 1 unspecified atom stereocenters. The normalized spacial score (nSPS) is 12.2. The molecule has 0 aliphatic heterocycles. The molecule has 0 amide bonds. The number of likely N-dealkylation sites (N-methyl/N-ethyl adjacent to an activating group) is 1. The molecule has 1 aromatic heterocycles. The molecule has 1 N–H and O–H groups in total. The average molecular weight is 410 g/mol. The van der Waals surface area contributed by atoms with Crippen molar-refractivity contribution >= 4 is 0 Å². The summed E-state index contributed by atoms with van der Waals surface area (Å²) < 4.78 is 13.4. The van der Waals surface area contributed by atoms with E-state index < -0.39 is 6.10 Å². The van der Waals surface area contributed by atoms with Crippen molar-refractivity contribution in [3.63, 3.8) is 0 Å². The molecule has 0 saturated heterocycles. The van der Waals surface area contributed by atoms with Crippen molar-refractivity contribution in [2.75, 3.05) is 26.8 Å². The lowest BCUT2D eigenvalue weighted by atomic mass is 10.2. The molecule has 2 aromatic carbocycles. The fraction of sp³-hybridized carbons (Fsp3) is 0.375. The van der Waals surface area contributed by atoms with Gasteiger partial charge in [0.15, 0.2) is 0 Å². The molecule has 160 valence electrons. The van der Waals surface area contributed by atoms with E-state index in [1.807, 2.05) is 61.1 Å². The molecule has 3 aromatic rings. The van der Waals surface area contributed by atoms with Crippen molar-refractivity contribution in [2.24, 2.45) is 0 Å². The number of nitrogens with zero attached hydrogens (tertiary/aromatic N) is 3. The van der Waals surface area contributed by atoms with Crippen LogP contribution in [0.3, 0.4) is 0 Å². The van der Waals surface area contributed by atoms with E-state index in [2.05, 4.69) is 35.1 Å². The van der Waals surface area contributed by atoms with Crippen LogP contribution < -0.4 is 9.47 Å². The Hall–Kier alpha value is -2.83. The lowest BCUT2D eigenvalue weighted by Crippen LogP contribution is -2.32. The van der Waals surface area contributed by atoms with Crippen LogP contribution in [0.1, 0.15) is 17.0 Å². The molecule has 0 aliphatic carbocycles. The van der Waals surface area contributed by atoms with Gasteiger partial charge in [0.1, 0.15) is 30.8 Å². The zero-order chi connectivity index (χ0) is 21.3. The topological polar surface area (TPSA) is 59.8 Å². The van der Waals surface area contributed by atoms with Gasteiger partial charge in [-0.05, 0) is 56.8 Å². The summed E-state index contributed by atoms with van der Waals surface area (Å²) >= 11 is 0. The van der Waals surface area contributed by atoms with Crippen LogP contribution in [-0.2, 0) is 13.1 Å². The first kappa shape index (κ1) is 21.9. The number of aryl methyl sites for hydroxylation is 2. The number of aromatic nitrogens is 2. The third kappa shape index (κ3) is 6.90. The molecule has 0 fully saturated rings. The van der Waals surface area contributed by atoms with E-state index in [1.54, 1.807) is 0 Å². The van der Waals surface area contributed by atoms with Crippen molar-refractivity contribution in [3.8, 4) is 11.5 Å². The summed E-state index contributed by atoms with van der Waals surface area (Å²) in [4.78, 5) is 2.08. The summed E-state index contributed by atoms with van der Waals surface area (Å²) in [7, 11) is 1.99. The second-order valence-electron chi connectivity index (χ2n) is 7.62. The average Bonchev–Trinajstić information content (AvgIpc) is 3.05. The largest absolute Gasteiger partial charge is 0.492 e. The number of hydrogen-bond donors (Lipinski definition) is 1. The Bertz CT molecular complexity index is 894. The van der Waals surface area contributed by atoms with Gasteiger partial charge in [-0.15, -0.1) is 0 Å². The lowest BCUT2D eigenvalue weighted by Gasteiger charge is -2.21. The SMILES string of the molecule is Cc1cc(C)n(CCOc2ccc(CN(C)CC(O)COc3ccccc3)cc2)n1.